The van der Waals surface area contributed by atoms with Gasteiger partial charge in [-0.05, 0) is 42.0 Å². The van der Waals surface area contributed by atoms with Crippen LogP contribution in [0.5, 0.6) is 11.5 Å². The maximum Gasteiger partial charge on any atom is 0.231 e. The molecule has 1 N–H and O–H groups in total. The van der Waals surface area contributed by atoms with Crippen molar-refractivity contribution in [2.24, 2.45) is 5.92 Å². The molecule has 4 rings (SSSR count). The van der Waals surface area contributed by atoms with Crippen molar-refractivity contribution in [2.75, 3.05) is 31.0 Å². The molecule has 1 unspecified atom stereocenters. The molecule has 178 valence electrons. The van der Waals surface area contributed by atoms with E-state index in [1.54, 1.807) is 55.1 Å². The maximum absolute atomic E-state index is 12.7. The number of carbonyl (C=O) groups is 2. The number of rotatable bonds is 9. The summed E-state index contributed by atoms with van der Waals surface area (Å²) in [6.45, 7) is 0.338. The molecule has 0 saturated carbocycles. The molecule has 1 atom stereocenters. The number of thioether (sulfide) groups is 1. The average molecular weight is 518 g/mol. The summed E-state index contributed by atoms with van der Waals surface area (Å²) in [5.74, 6) is 2.31. The van der Waals surface area contributed by atoms with Crippen molar-refractivity contribution in [1.29, 1.82) is 0 Å². The van der Waals surface area contributed by atoms with Crippen LogP contribution in [0.4, 0.5) is 10.8 Å². The van der Waals surface area contributed by atoms with E-state index in [1.165, 1.54) is 11.3 Å². The Balaban J connectivity index is 1.29. The minimum absolute atomic E-state index is 0.0760. The van der Waals surface area contributed by atoms with Crippen molar-refractivity contribution >= 4 is 57.3 Å². The smallest absolute Gasteiger partial charge is 0.231 e. The summed E-state index contributed by atoms with van der Waals surface area (Å²) >= 11 is 9.03. The predicted molar refractivity (Wildman–Crippen MR) is 137 cm³/mol. The first-order valence-electron chi connectivity index (χ1n) is 10.6. The van der Waals surface area contributed by atoms with Gasteiger partial charge in [0.15, 0.2) is 5.13 Å². The largest absolute Gasteiger partial charge is 0.497 e. The number of ether oxygens (including phenoxy) is 2. The molecule has 1 fully saturated rings. The van der Waals surface area contributed by atoms with Crippen LogP contribution in [0.2, 0.25) is 5.02 Å². The number of nitrogens with zero attached hydrogens (tertiary/aromatic N) is 2. The third kappa shape index (κ3) is 6.02. The number of aromatic nitrogens is 1. The van der Waals surface area contributed by atoms with Crippen LogP contribution in [0, 0.1) is 5.92 Å². The minimum atomic E-state index is -0.423. The van der Waals surface area contributed by atoms with Gasteiger partial charge < -0.3 is 19.7 Å². The second-order valence-electron chi connectivity index (χ2n) is 7.73. The number of nitrogens with one attached hydrogen (secondary N) is 1. The van der Waals surface area contributed by atoms with Gasteiger partial charge in [-0.25, -0.2) is 4.98 Å². The molecule has 0 bridgehead atoms. The highest BCUT2D eigenvalue weighted by Gasteiger charge is 2.35. The lowest BCUT2D eigenvalue weighted by Crippen LogP contribution is -2.28. The van der Waals surface area contributed by atoms with Gasteiger partial charge in [0.25, 0.3) is 0 Å². The van der Waals surface area contributed by atoms with Crippen LogP contribution < -0.4 is 19.7 Å². The number of methoxy groups -OCH3 is 2. The highest BCUT2D eigenvalue weighted by atomic mass is 35.5. The zero-order chi connectivity index (χ0) is 24.1. The number of carbonyl (C=O) groups excluding carboxylic acids is 2. The van der Waals surface area contributed by atoms with E-state index in [-0.39, 0.29) is 18.2 Å². The second kappa shape index (κ2) is 11.1. The molecular formula is C24H24ClN3O4S2. The van der Waals surface area contributed by atoms with Crippen LogP contribution in [0.25, 0.3) is 0 Å². The fourth-order valence-electron chi connectivity index (χ4n) is 3.62. The van der Waals surface area contributed by atoms with Crippen molar-refractivity contribution in [2.45, 2.75) is 17.9 Å². The van der Waals surface area contributed by atoms with Gasteiger partial charge in [-0.15, -0.1) is 11.3 Å². The lowest BCUT2D eigenvalue weighted by atomic mass is 10.1. The van der Waals surface area contributed by atoms with Gasteiger partial charge in [0.1, 0.15) is 11.5 Å². The summed E-state index contributed by atoms with van der Waals surface area (Å²) in [5.41, 5.74) is 2.73. The summed E-state index contributed by atoms with van der Waals surface area (Å²) in [5, 5.41) is 5.95. The number of thiazole rings is 1. The molecule has 1 aliphatic heterocycles. The molecule has 10 heteroatoms. The number of anilines is 2. The molecule has 0 aliphatic carbocycles. The lowest BCUT2D eigenvalue weighted by Gasteiger charge is -2.16. The van der Waals surface area contributed by atoms with Crippen molar-refractivity contribution in [3.05, 3.63) is 64.1 Å². The minimum Gasteiger partial charge on any atom is -0.497 e. The zero-order valence-corrected chi connectivity index (χ0v) is 21.1. The molecule has 0 spiro atoms. The normalized spacial score (nSPS) is 15.4. The Morgan fingerprint density at radius 3 is 2.56 bits per heavy atom. The van der Waals surface area contributed by atoms with Gasteiger partial charge in [-0.1, -0.05) is 11.6 Å². The van der Waals surface area contributed by atoms with Crippen molar-refractivity contribution in [3.63, 3.8) is 0 Å². The number of amides is 2. The summed E-state index contributed by atoms with van der Waals surface area (Å²) in [6, 6.07) is 12.8. The Labute approximate surface area is 211 Å². The quantitative estimate of drug-likeness (QED) is 0.418. The van der Waals surface area contributed by atoms with E-state index < -0.39 is 5.92 Å². The van der Waals surface area contributed by atoms with E-state index in [0.717, 1.165) is 34.2 Å². The monoisotopic (exact) mass is 517 g/mol. The molecule has 7 nitrogen and oxygen atoms in total. The SMILES string of the molecule is COc1cc(CSCc2csc(NC(=O)C3CC(=O)N(c4ccc(Cl)cc4)C3)n2)cc(OC)c1. The Morgan fingerprint density at radius 2 is 1.88 bits per heavy atom. The van der Waals surface area contributed by atoms with Crippen molar-refractivity contribution < 1.29 is 19.1 Å². The molecule has 2 heterocycles. The van der Waals surface area contributed by atoms with Crippen LogP contribution >= 0.6 is 34.7 Å². The first kappa shape index (κ1) is 24.4. The molecule has 2 amide bonds. The summed E-state index contributed by atoms with van der Waals surface area (Å²) in [7, 11) is 3.26. The molecular weight excluding hydrogens is 494 g/mol. The van der Waals surface area contributed by atoms with Crippen molar-refractivity contribution in [3.8, 4) is 11.5 Å². The first-order valence-corrected chi connectivity index (χ1v) is 13.0. The van der Waals surface area contributed by atoms with Crippen LogP contribution in [0.1, 0.15) is 17.7 Å². The number of hydrogen-bond acceptors (Lipinski definition) is 7. The molecule has 0 radical (unpaired) electrons. The molecule has 34 heavy (non-hydrogen) atoms. The van der Waals surface area contributed by atoms with Crippen LogP contribution in [-0.2, 0) is 21.1 Å². The van der Waals surface area contributed by atoms with Gasteiger partial charge in [-0.2, -0.15) is 11.8 Å². The molecule has 2 aromatic carbocycles. The van der Waals surface area contributed by atoms with Crippen LogP contribution in [0.15, 0.2) is 47.8 Å². The van der Waals surface area contributed by atoms with Gasteiger partial charge >= 0.3 is 0 Å². The second-order valence-corrected chi connectivity index (χ2v) is 10.0. The number of halogens is 1. The summed E-state index contributed by atoms with van der Waals surface area (Å²) in [4.78, 5) is 31.3. The first-order chi connectivity index (χ1) is 16.4. The van der Waals surface area contributed by atoms with Crippen LogP contribution in [0.3, 0.4) is 0 Å². The average Bonchev–Trinajstić information content (AvgIpc) is 3.45. The number of benzene rings is 2. The van der Waals surface area contributed by atoms with Gasteiger partial charge in [0.2, 0.25) is 11.8 Å². The van der Waals surface area contributed by atoms with E-state index in [9.17, 15) is 9.59 Å². The molecule has 1 aliphatic rings. The Hall–Kier alpha value is -2.75. The summed E-state index contributed by atoms with van der Waals surface area (Å²) < 4.78 is 10.6. The maximum atomic E-state index is 12.7. The van der Waals surface area contributed by atoms with E-state index >= 15 is 0 Å². The molecule has 1 aromatic heterocycles. The highest BCUT2D eigenvalue weighted by Crippen LogP contribution is 2.29. The zero-order valence-electron chi connectivity index (χ0n) is 18.7. The van der Waals surface area contributed by atoms with Gasteiger partial charge in [0.05, 0.1) is 25.8 Å². The molecule has 1 saturated heterocycles. The topological polar surface area (TPSA) is 80.8 Å². The Bertz CT molecular complexity index is 1150. The fourth-order valence-corrected chi connectivity index (χ4v) is 5.42. The third-order valence-electron chi connectivity index (χ3n) is 5.35. The Kier molecular flexibility index (Phi) is 7.97. The third-order valence-corrected chi connectivity index (χ3v) is 7.44. The fraction of sp³-hybridized carbons (Fsp3) is 0.292. The van der Waals surface area contributed by atoms with Crippen molar-refractivity contribution in [1.82, 2.24) is 4.98 Å². The summed E-state index contributed by atoms with van der Waals surface area (Å²) in [6.07, 6.45) is 0.173. The number of hydrogen-bond donors (Lipinski definition) is 1. The van der Waals surface area contributed by atoms with Crippen LogP contribution in [-0.4, -0.2) is 37.6 Å². The van der Waals surface area contributed by atoms with E-state index in [2.05, 4.69) is 10.3 Å². The molecule has 3 aromatic rings. The standard InChI is InChI=1S/C24H24ClN3O4S2/c1-31-20-7-15(8-21(10-20)32-2)12-33-13-18-14-34-24(26-18)27-23(30)16-9-22(29)28(11-16)19-5-3-17(25)4-6-19/h3-8,10,14,16H,9,11-13H2,1-2H3,(H,26,27,30). The highest BCUT2D eigenvalue weighted by molar-refractivity contribution is 7.97. The van der Waals surface area contributed by atoms with Gasteiger partial charge in [0, 0.05) is 46.6 Å². The Morgan fingerprint density at radius 1 is 1.18 bits per heavy atom. The van der Waals surface area contributed by atoms with E-state index in [0.29, 0.717) is 22.5 Å². The van der Waals surface area contributed by atoms with Gasteiger partial charge in [-0.3, -0.25) is 9.59 Å². The lowest BCUT2D eigenvalue weighted by molar-refractivity contribution is -0.122. The predicted octanol–water partition coefficient (Wildman–Crippen LogP) is 5.24. The van der Waals surface area contributed by atoms with E-state index in [1.807, 2.05) is 23.6 Å². The van der Waals surface area contributed by atoms with E-state index in [4.69, 9.17) is 21.1 Å².